The van der Waals surface area contributed by atoms with E-state index in [0.29, 0.717) is 0 Å². The highest BCUT2D eigenvalue weighted by molar-refractivity contribution is 7.85. The third-order valence-corrected chi connectivity index (χ3v) is 5.13. The van der Waals surface area contributed by atoms with Crippen molar-refractivity contribution < 1.29 is 4.21 Å². The first kappa shape index (κ1) is 14.8. The zero-order valence-corrected chi connectivity index (χ0v) is 12.8. The number of nitrogens with zero attached hydrogens (tertiary/aromatic N) is 1. The highest BCUT2D eigenvalue weighted by atomic mass is 35.5. The van der Waals surface area contributed by atoms with Crippen molar-refractivity contribution in [1.82, 2.24) is 0 Å². The Bertz CT molecular complexity index is 457. The number of hydrogen-bond acceptors (Lipinski definition) is 3. The van der Waals surface area contributed by atoms with E-state index < -0.39 is 10.8 Å². The van der Waals surface area contributed by atoms with Crippen molar-refractivity contribution in [2.24, 2.45) is 5.73 Å². The van der Waals surface area contributed by atoms with Crippen molar-refractivity contribution in [1.29, 1.82) is 0 Å². The Hall–Kier alpha value is -0.580. The van der Waals surface area contributed by atoms with Crippen LogP contribution < -0.4 is 10.6 Å². The van der Waals surface area contributed by atoms with Crippen LogP contribution in [0.3, 0.4) is 0 Å². The fraction of sp³-hybridized carbons (Fsp3) is 0.571. The molecule has 0 radical (unpaired) electrons. The average Bonchev–Trinajstić information content (AvgIpc) is 2.40. The third-order valence-electron chi connectivity index (χ3n) is 3.55. The minimum Gasteiger partial charge on any atom is -0.368 e. The van der Waals surface area contributed by atoms with Gasteiger partial charge in [-0.1, -0.05) is 24.6 Å². The first-order valence-electron chi connectivity index (χ1n) is 6.74. The molecule has 2 N–H and O–H groups in total. The smallest absolute Gasteiger partial charge is 0.0642 e. The van der Waals surface area contributed by atoms with Gasteiger partial charge in [-0.05, 0) is 30.5 Å². The molecule has 1 aliphatic rings. The second kappa shape index (κ2) is 6.73. The minimum atomic E-state index is -0.656. The number of halogens is 1. The molecule has 106 valence electrons. The van der Waals surface area contributed by atoms with Gasteiger partial charge in [0.05, 0.1) is 10.7 Å². The summed E-state index contributed by atoms with van der Waals surface area (Å²) < 4.78 is 11.4. The fourth-order valence-electron chi connectivity index (χ4n) is 2.26. The second-order valence-corrected chi connectivity index (χ2v) is 7.10. The summed E-state index contributed by atoms with van der Waals surface area (Å²) in [6.07, 6.45) is 1.83. The van der Waals surface area contributed by atoms with E-state index in [1.54, 1.807) is 0 Å². The number of benzene rings is 1. The number of rotatable bonds is 4. The molecule has 1 fully saturated rings. The van der Waals surface area contributed by atoms with Crippen molar-refractivity contribution in [3.63, 3.8) is 0 Å². The predicted molar refractivity (Wildman–Crippen MR) is 83.5 cm³/mol. The lowest BCUT2D eigenvalue weighted by molar-refractivity contribution is 0.646. The molecule has 1 unspecified atom stereocenters. The van der Waals surface area contributed by atoms with Gasteiger partial charge >= 0.3 is 0 Å². The summed E-state index contributed by atoms with van der Waals surface area (Å²) in [5, 5.41) is 0.772. The first-order chi connectivity index (χ1) is 9.10. The molecule has 1 heterocycles. The van der Waals surface area contributed by atoms with Crippen LogP contribution in [0, 0.1) is 0 Å². The standard InChI is InChI=1S/C14H21ClN2OS/c1-2-12(16)9-11-3-4-14(13(15)10-11)17-5-7-19(18)8-6-17/h3-4,10,12H,2,5-9,16H2,1H3. The first-order valence-corrected chi connectivity index (χ1v) is 8.60. The Balaban J connectivity index is 2.08. The molecule has 0 spiro atoms. The molecule has 3 nitrogen and oxygen atoms in total. The summed E-state index contributed by atoms with van der Waals surface area (Å²) in [5.41, 5.74) is 8.20. The fourth-order valence-corrected chi connectivity index (χ4v) is 3.63. The van der Waals surface area contributed by atoms with Gasteiger partial charge in [-0.3, -0.25) is 4.21 Å². The lowest BCUT2D eigenvalue weighted by atomic mass is 10.0. The Labute approximate surface area is 122 Å². The molecule has 2 rings (SSSR count). The van der Waals surface area contributed by atoms with Gasteiger partial charge in [0.15, 0.2) is 0 Å². The maximum absolute atomic E-state index is 11.4. The molecule has 0 amide bonds. The van der Waals surface area contributed by atoms with E-state index >= 15 is 0 Å². The lowest BCUT2D eigenvalue weighted by Crippen LogP contribution is -2.37. The van der Waals surface area contributed by atoms with Crippen LogP contribution in [0.25, 0.3) is 0 Å². The zero-order chi connectivity index (χ0) is 13.8. The van der Waals surface area contributed by atoms with Crippen LogP contribution >= 0.6 is 11.6 Å². The Morgan fingerprint density at radius 2 is 2.11 bits per heavy atom. The van der Waals surface area contributed by atoms with Crippen LogP contribution in [0.15, 0.2) is 18.2 Å². The zero-order valence-electron chi connectivity index (χ0n) is 11.3. The van der Waals surface area contributed by atoms with Gasteiger partial charge in [0, 0.05) is 41.4 Å². The third kappa shape index (κ3) is 3.94. The van der Waals surface area contributed by atoms with Gasteiger partial charge in [-0.25, -0.2) is 0 Å². The van der Waals surface area contributed by atoms with Gasteiger partial charge in [0.2, 0.25) is 0 Å². The summed E-state index contributed by atoms with van der Waals surface area (Å²) in [6.45, 7) is 3.73. The number of anilines is 1. The number of hydrogen-bond donors (Lipinski definition) is 1. The van der Waals surface area contributed by atoms with E-state index in [1.807, 2.05) is 6.07 Å². The summed E-state index contributed by atoms with van der Waals surface area (Å²) in [7, 11) is -0.656. The van der Waals surface area contributed by atoms with Crippen molar-refractivity contribution >= 4 is 28.1 Å². The Morgan fingerprint density at radius 3 is 2.68 bits per heavy atom. The summed E-state index contributed by atoms with van der Waals surface area (Å²) >= 11 is 6.37. The summed E-state index contributed by atoms with van der Waals surface area (Å²) in [6, 6.07) is 6.37. The maximum Gasteiger partial charge on any atom is 0.0642 e. The normalized spacial score (nSPS) is 18.6. The van der Waals surface area contributed by atoms with Gasteiger partial charge in [0.1, 0.15) is 0 Å². The van der Waals surface area contributed by atoms with Crippen molar-refractivity contribution in [2.45, 2.75) is 25.8 Å². The van der Waals surface area contributed by atoms with E-state index in [2.05, 4.69) is 24.0 Å². The molecular weight excluding hydrogens is 280 g/mol. The lowest BCUT2D eigenvalue weighted by Gasteiger charge is -2.29. The molecule has 19 heavy (non-hydrogen) atoms. The van der Waals surface area contributed by atoms with E-state index in [4.69, 9.17) is 17.3 Å². The average molecular weight is 301 g/mol. The monoisotopic (exact) mass is 300 g/mol. The molecular formula is C14H21ClN2OS. The van der Waals surface area contributed by atoms with Crippen LogP contribution in [0.5, 0.6) is 0 Å². The van der Waals surface area contributed by atoms with E-state index in [9.17, 15) is 4.21 Å². The SMILES string of the molecule is CCC(N)Cc1ccc(N2CCS(=O)CC2)c(Cl)c1. The highest BCUT2D eigenvalue weighted by Gasteiger charge is 2.17. The van der Waals surface area contributed by atoms with Gasteiger partial charge in [-0.2, -0.15) is 0 Å². The Morgan fingerprint density at radius 1 is 1.42 bits per heavy atom. The molecule has 0 aromatic heterocycles. The molecule has 1 aliphatic heterocycles. The summed E-state index contributed by atoms with van der Waals surface area (Å²) in [5.74, 6) is 1.47. The largest absolute Gasteiger partial charge is 0.368 e. The minimum absolute atomic E-state index is 0.194. The van der Waals surface area contributed by atoms with Crippen LogP contribution in [-0.4, -0.2) is 34.8 Å². The van der Waals surface area contributed by atoms with Crippen LogP contribution in [0.1, 0.15) is 18.9 Å². The molecule has 5 heteroatoms. The topological polar surface area (TPSA) is 46.3 Å². The molecule has 1 atom stereocenters. The van der Waals surface area contributed by atoms with E-state index in [1.165, 1.54) is 5.56 Å². The summed E-state index contributed by atoms with van der Waals surface area (Å²) in [4.78, 5) is 2.22. The van der Waals surface area contributed by atoms with Crippen molar-refractivity contribution in [3.8, 4) is 0 Å². The Kier molecular flexibility index (Phi) is 5.25. The van der Waals surface area contributed by atoms with Crippen molar-refractivity contribution in [3.05, 3.63) is 28.8 Å². The molecule has 0 bridgehead atoms. The molecule has 0 aliphatic carbocycles. The number of nitrogens with two attached hydrogens (primary N) is 1. The van der Waals surface area contributed by atoms with Gasteiger partial charge in [-0.15, -0.1) is 0 Å². The van der Waals surface area contributed by atoms with Crippen molar-refractivity contribution in [2.75, 3.05) is 29.5 Å². The van der Waals surface area contributed by atoms with Crippen LogP contribution in [0.4, 0.5) is 5.69 Å². The van der Waals surface area contributed by atoms with Crippen LogP contribution in [0.2, 0.25) is 5.02 Å². The van der Waals surface area contributed by atoms with E-state index in [-0.39, 0.29) is 6.04 Å². The van der Waals surface area contributed by atoms with Gasteiger partial charge in [0.25, 0.3) is 0 Å². The molecule has 1 aromatic rings. The van der Waals surface area contributed by atoms with Crippen LogP contribution in [-0.2, 0) is 17.2 Å². The molecule has 1 aromatic carbocycles. The molecule has 1 saturated heterocycles. The van der Waals surface area contributed by atoms with E-state index in [0.717, 1.165) is 48.1 Å². The predicted octanol–water partition coefficient (Wildman–Crippen LogP) is 2.19. The van der Waals surface area contributed by atoms with Gasteiger partial charge < -0.3 is 10.6 Å². The second-order valence-electron chi connectivity index (χ2n) is 4.99. The quantitative estimate of drug-likeness (QED) is 0.927. The molecule has 0 saturated carbocycles. The maximum atomic E-state index is 11.4. The highest BCUT2D eigenvalue weighted by Crippen LogP contribution is 2.28.